The van der Waals surface area contributed by atoms with Crippen molar-refractivity contribution in [1.29, 1.82) is 0 Å². The lowest BCUT2D eigenvalue weighted by Gasteiger charge is -2.09. The first-order valence-corrected chi connectivity index (χ1v) is 11.4. The van der Waals surface area contributed by atoms with E-state index in [4.69, 9.17) is 9.47 Å². The SMILES string of the molecule is CCCCC=CCCCCC=CCCCCCCCCOC[C@@H](O)COC. The number of rotatable bonds is 21. The second kappa shape index (κ2) is 23.4. The molecule has 0 aliphatic rings. The van der Waals surface area contributed by atoms with Gasteiger partial charge in [-0.25, -0.2) is 0 Å². The summed E-state index contributed by atoms with van der Waals surface area (Å²) in [5.74, 6) is 0. The molecule has 0 radical (unpaired) electrons. The third-order valence-corrected chi connectivity index (χ3v) is 4.63. The van der Waals surface area contributed by atoms with Gasteiger partial charge in [0.1, 0.15) is 6.10 Å². The quantitative estimate of drug-likeness (QED) is 0.179. The smallest absolute Gasteiger partial charge is 0.101 e. The summed E-state index contributed by atoms with van der Waals surface area (Å²) in [5.41, 5.74) is 0. The van der Waals surface area contributed by atoms with Gasteiger partial charge in [-0.15, -0.1) is 0 Å². The predicted molar refractivity (Wildman–Crippen MR) is 117 cm³/mol. The minimum Gasteiger partial charge on any atom is -0.388 e. The van der Waals surface area contributed by atoms with Gasteiger partial charge in [-0.05, 0) is 51.4 Å². The van der Waals surface area contributed by atoms with Crippen molar-refractivity contribution >= 4 is 0 Å². The van der Waals surface area contributed by atoms with Crippen LogP contribution >= 0.6 is 0 Å². The summed E-state index contributed by atoms with van der Waals surface area (Å²) < 4.78 is 10.3. The van der Waals surface area contributed by atoms with Crippen molar-refractivity contribution in [2.75, 3.05) is 26.9 Å². The number of ether oxygens (including phenoxy) is 2. The van der Waals surface area contributed by atoms with Crippen molar-refractivity contribution in [2.24, 2.45) is 0 Å². The third kappa shape index (κ3) is 23.3. The summed E-state index contributed by atoms with van der Waals surface area (Å²) in [7, 11) is 1.59. The molecule has 0 saturated carbocycles. The molecule has 0 aromatic rings. The Labute approximate surface area is 169 Å². The van der Waals surface area contributed by atoms with Crippen molar-refractivity contribution in [3.05, 3.63) is 24.3 Å². The molecule has 1 N–H and O–H groups in total. The molecular formula is C24H46O3. The molecular weight excluding hydrogens is 336 g/mol. The van der Waals surface area contributed by atoms with Gasteiger partial charge >= 0.3 is 0 Å². The van der Waals surface area contributed by atoms with E-state index in [1.165, 1.54) is 83.5 Å². The maximum atomic E-state index is 9.44. The van der Waals surface area contributed by atoms with Gasteiger partial charge in [-0.1, -0.05) is 69.8 Å². The van der Waals surface area contributed by atoms with E-state index in [0.717, 1.165) is 13.0 Å². The first-order chi connectivity index (χ1) is 13.3. The van der Waals surface area contributed by atoms with Gasteiger partial charge < -0.3 is 14.6 Å². The largest absolute Gasteiger partial charge is 0.388 e. The van der Waals surface area contributed by atoms with Crippen LogP contribution in [0.3, 0.4) is 0 Å². The molecule has 3 heteroatoms. The van der Waals surface area contributed by atoms with E-state index in [1.54, 1.807) is 7.11 Å². The number of hydrogen-bond donors (Lipinski definition) is 1. The number of aliphatic hydroxyl groups excluding tert-OH is 1. The van der Waals surface area contributed by atoms with E-state index >= 15 is 0 Å². The van der Waals surface area contributed by atoms with Crippen molar-refractivity contribution in [3.8, 4) is 0 Å². The molecule has 0 spiro atoms. The van der Waals surface area contributed by atoms with Gasteiger partial charge in [-0.2, -0.15) is 0 Å². The number of methoxy groups -OCH3 is 1. The first-order valence-electron chi connectivity index (χ1n) is 11.4. The summed E-state index contributed by atoms with van der Waals surface area (Å²) in [6.07, 6.45) is 26.8. The lowest BCUT2D eigenvalue weighted by molar-refractivity contribution is -0.00684. The molecule has 0 amide bonds. The lowest BCUT2D eigenvalue weighted by atomic mass is 10.1. The van der Waals surface area contributed by atoms with Gasteiger partial charge in [0.05, 0.1) is 13.2 Å². The normalized spacial score (nSPS) is 13.1. The molecule has 160 valence electrons. The highest BCUT2D eigenvalue weighted by Crippen LogP contribution is 2.09. The Bertz CT molecular complexity index is 326. The number of allylic oxidation sites excluding steroid dienone is 4. The Morgan fingerprint density at radius 1 is 0.667 bits per heavy atom. The van der Waals surface area contributed by atoms with E-state index in [-0.39, 0.29) is 0 Å². The minimum absolute atomic E-state index is 0.352. The van der Waals surface area contributed by atoms with E-state index < -0.39 is 6.10 Å². The van der Waals surface area contributed by atoms with Gasteiger partial charge in [0.2, 0.25) is 0 Å². The van der Waals surface area contributed by atoms with Crippen LogP contribution in [0.5, 0.6) is 0 Å². The molecule has 1 atom stereocenters. The molecule has 0 heterocycles. The Kier molecular flexibility index (Phi) is 22.8. The molecule has 0 aliphatic heterocycles. The second-order valence-electron chi connectivity index (χ2n) is 7.46. The van der Waals surface area contributed by atoms with Crippen LogP contribution in [0.4, 0.5) is 0 Å². The van der Waals surface area contributed by atoms with Crippen LogP contribution in [-0.4, -0.2) is 38.1 Å². The zero-order chi connectivity index (χ0) is 19.8. The van der Waals surface area contributed by atoms with Crippen LogP contribution in [-0.2, 0) is 9.47 Å². The highest BCUT2D eigenvalue weighted by Gasteiger charge is 2.02. The molecule has 0 aromatic carbocycles. The zero-order valence-electron chi connectivity index (χ0n) is 18.2. The third-order valence-electron chi connectivity index (χ3n) is 4.63. The van der Waals surface area contributed by atoms with E-state index in [0.29, 0.717) is 13.2 Å². The van der Waals surface area contributed by atoms with Gasteiger partial charge in [-0.3, -0.25) is 0 Å². The summed E-state index contributed by atoms with van der Waals surface area (Å²) in [6, 6.07) is 0. The maximum Gasteiger partial charge on any atom is 0.101 e. The van der Waals surface area contributed by atoms with Gasteiger partial charge in [0, 0.05) is 13.7 Å². The standard InChI is InChI=1S/C24H46O3/c1-3-4-5-6-7-8-9-10-11-12-13-14-15-16-17-18-19-20-21-27-23-24(25)22-26-2/h6-7,12-13,24-25H,3-5,8-11,14-23H2,1-2H3/t24-/m0/s1. The molecule has 0 unspecified atom stereocenters. The predicted octanol–water partition coefficient (Wildman–Crippen LogP) is 6.60. The highest BCUT2D eigenvalue weighted by atomic mass is 16.5. The van der Waals surface area contributed by atoms with E-state index in [9.17, 15) is 5.11 Å². The maximum absolute atomic E-state index is 9.44. The fraction of sp³-hybridized carbons (Fsp3) is 0.833. The van der Waals surface area contributed by atoms with E-state index in [1.807, 2.05) is 0 Å². The van der Waals surface area contributed by atoms with Crippen LogP contribution in [0.1, 0.15) is 96.8 Å². The molecule has 3 nitrogen and oxygen atoms in total. The summed E-state index contributed by atoms with van der Waals surface area (Å²) in [4.78, 5) is 0. The minimum atomic E-state index is -0.490. The number of aliphatic hydroxyl groups is 1. The second-order valence-corrected chi connectivity index (χ2v) is 7.46. The van der Waals surface area contributed by atoms with Crippen LogP contribution < -0.4 is 0 Å². The molecule has 27 heavy (non-hydrogen) atoms. The van der Waals surface area contributed by atoms with Crippen LogP contribution in [0.25, 0.3) is 0 Å². The summed E-state index contributed by atoms with van der Waals surface area (Å²) in [6.45, 7) is 3.73. The fourth-order valence-electron chi connectivity index (χ4n) is 2.95. The van der Waals surface area contributed by atoms with Crippen LogP contribution in [0.2, 0.25) is 0 Å². The van der Waals surface area contributed by atoms with Crippen LogP contribution in [0, 0.1) is 0 Å². The lowest BCUT2D eigenvalue weighted by Crippen LogP contribution is -2.21. The van der Waals surface area contributed by atoms with Crippen molar-refractivity contribution in [3.63, 3.8) is 0 Å². The number of hydrogen-bond acceptors (Lipinski definition) is 3. The van der Waals surface area contributed by atoms with Crippen molar-refractivity contribution in [1.82, 2.24) is 0 Å². The molecule has 0 fully saturated rings. The summed E-state index contributed by atoms with van der Waals surface area (Å²) in [5, 5.41) is 9.44. The first kappa shape index (κ1) is 26.4. The Morgan fingerprint density at radius 3 is 1.70 bits per heavy atom. The van der Waals surface area contributed by atoms with Crippen molar-refractivity contribution < 1.29 is 14.6 Å². The Hall–Kier alpha value is -0.640. The average molecular weight is 383 g/mol. The topological polar surface area (TPSA) is 38.7 Å². The monoisotopic (exact) mass is 382 g/mol. The average Bonchev–Trinajstić information content (AvgIpc) is 2.66. The highest BCUT2D eigenvalue weighted by molar-refractivity contribution is 4.83. The van der Waals surface area contributed by atoms with Crippen molar-refractivity contribution in [2.45, 2.75) is 103 Å². The molecule has 0 aromatic heterocycles. The van der Waals surface area contributed by atoms with Crippen LogP contribution in [0.15, 0.2) is 24.3 Å². The molecule has 0 saturated heterocycles. The molecule has 0 bridgehead atoms. The fourth-order valence-corrected chi connectivity index (χ4v) is 2.95. The zero-order valence-corrected chi connectivity index (χ0v) is 18.2. The summed E-state index contributed by atoms with van der Waals surface area (Å²) >= 11 is 0. The number of unbranched alkanes of at least 4 members (excludes halogenated alkanes) is 11. The van der Waals surface area contributed by atoms with Gasteiger partial charge in [0.15, 0.2) is 0 Å². The Morgan fingerprint density at radius 2 is 1.15 bits per heavy atom. The molecule has 0 aliphatic carbocycles. The van der Waals surface area contributed by atoms with E-state index in [2.05, 4.69) is 31.2 Å². The van der Waals surface area contributed by atoms with Gasteiger partial charge in [0.25, 0.3) is 0 Å². The Balaban J connectivity index is 3.15. The molecule has 0 rings (SSSR count).